The van der Waals surface area contributed by atoms with Crippen molar-refractivity contribution in [2.45, 2.75) is 88.5 Å². The topological polar surface area (TPSA) is 66.0 Å². The molecule has 0 radical (unpaired) electrons. The van der Waals surface area contributed by atoms with Crippen LogP contribution in [0, 0.1) is 0 Å². The van der Waals surface area contributed by atoms with Crippen LogP contribution in [0.25, 0.3) is 0 Å². The van der Waals surface area contributed by atoms with Gasteiger partial charge in [0.1, 0.15) is 0 Å². The summed E-state index contributed by atoms with van der Waals surface area (Å²) in [6.07, 6.45) is 10.9. The van der Waals surface area contributed by atoms with E-state index in [9.17, 15) is 4.21 Å². The summed E-state index contributed by atoms with van der Waals surface area (Å²) < 4.78 is 17.9. The molecular formula is C22H43IN4O2S. The van der Waals surface area contributed by atoms with Crippen LogP contribution in [0.5, 0.6) is 0 Å². The van der Waals surface area contributed by atoms with E-state index in [1.807, 2.05) is 6.92 Å². The van der Waals surface area contributed by atoms with Gasteiger partial charge in [-0.2, -0.15) is 0 Å². The minimum Gasteiger partial charge on any atom is -0.379 e. The predicted octanol–water partition coefficient (Wildman–Crippen LogP) is 3.27. The van der Waals surface area contributed by atoms with E-state index in [4.69, 9.17) is 9.73 Å². The fraction of sp³-hybridized carbons (Fsp3) is 0.955. The maximum Gasteiger partial charge on any atom is 0.191 e. The summed E-state index contributed by atoms with van der Waals surface area (Å²) in [5, 5.41) is 7.49. The third-order valence-electron chi connectivity index (χ3n) is 6.97. The lowest BCUT2D eigenvalue weighted by Gasteiger charge is -2.47. The number of morpholine rings is 1. The van der Waals surface area contributed by atoms with Crippen LogP contribution in [0.1, 0.15) is 71.6 Å². The van der Waals surface area contributed by atoms with Gasteiger partial charge in [0.2, 0.25) is 0 Å². The van der Waals surface area contributed by atoms with Gasteiger partial charge in [-0.25, -0.2) is 0 Å². The van der Waals surface area contributed by atoms with E-state index in [2.05, 4.69) is 22.5 Å². The molecule has 3 unspecified atom stereocenters. The summed E-state index contributed by atoms with van der Waals surface area (Å²) in [6.45, 7) is 9.66. The summed E-state index contributed by atoms with van der Waals surface area (Å²) >= 11 is 0. The third-order valence-corrected chi connectivity index (χ3v) is 8.71. The highest BCUT2D eigenvalue weighted by molar-refractivity contribution is 14.0. The molecule has 0 aromatic heterocycles. The first kappa shape index (κ1) is 26.3. The zero-order valence-corrected chi connectivity index (χ0v) is 22.1. The molecule has 0 aromatic rings. The molecule has 0 aromatic carbocycles. The number of guanidine groups is 1. The monoisotopic (exact) mass is 554 g/mol. The summed E-state index contributed by atoms with van der Waals surface area (Å²) in [5.74, 6) is 1.71. The summed E-state index contributed by atoms with van der Waals surface area (Å²) in [4.78, 5) is 7.76. The van der Waals surface area contributed by atoms with Crippen LogP contribution >= 0.6 is 24.0 Å². The maximum atomic E-state index is 12.3. The van der Waals surface area contributed by atoms with Crippen molar-refractivity contribution in [3.8, 4) is 0 Å². The van der Waals surface area contributed by atoms with Crippen LogP contribution in [0.4, 0.5) is 0 Å². The smallest absolute Gasteiger partial charge is 0.191 e. The molecule has 3 fully saturated rings. The molecule has 0 bridgehead atoms. The molecule has 2 aliphatic carbocycles. The lowest BCUT2D eigenvalue weighted by Crippen LogP contribution is -2.57. The average molecular weight is 555 g/mol. The molecule has 1 saturated heterocycles. The van der Waals surface area contributed by atoms with E-state index in [-0.39, 0.29) is 29.5 Å². The maximum absolute atomic E-state index is 12.3. The van der Waals surface area contributed by atoms with E-state index < -0.39 is 10.8 Å². The molecule has 0 spiro atoms. The zero-order chi connectivity index (χ0) is 20.5. The minimum absolute atomic E-state index is 0. The molecule has 2 N–H and O–H groups in total. The number of hydrogen-bond acceptors (Lipinski definition) is 4. The first-order chi connectivity index (χ1) is 14.2. The lowest BCUT2D eigenvalue weighted by molar-refractivity contribution is -0.0333. The Morgan fingerprint density at radius 2 is 1.87 bits per heavy atom. The number of halogens is 1. The lowest BCUT2D eigenvalue weighted by atomic mass is 9.80. The molecule has 3 aliphatic rings. The predicted molar refractivity (Wildman–Crippen MR) is 137 cm³/mol. The van der Waals surface area contributed by atoms with E-state index >= 15 is 0 Å². The minimum atomic E-state index is -0.689. The van der Waals surface area contributed by atoms with Gasteiger partial charge in [-0.05, 0) is 39.0 Å². The number of rotatable bonds is 7. The Kier molecular flexibility index (Phi) is 11.9. The van der Waals surface area contributed by atoms with Gasteiger partial charge in [0.05, 0.1) is 19.8 Å². The first-order valence-electron chi connectivity index (χ1n) is 11.9. The zero-order valence-electron chi connectivity index (χ0n) is 19.0. The standard InChI is InChI=1S/C22H42N4O2S.HI/c1-3-23-21(25-19-9-8-10-20(17-19)29(27)4-2)24-18-22(11-6-5-7-12-22)26-13-15-28-16-14-26;/h19-20H,3-18H2,1-2H3,(H2,23,24,25);1H. The van der Waals surface area contributed by atoms with Crippen LogP contribution in [-0.4, -0.2) is 77.0 Å². The molecule has 2 saturated carbocycles. The van der Waals surface area contributed by atoms with Crippen molar-refractivity contribution in [1.82, 2.24) is 15.5 Å². The number of hydrogen-bond donors (Lipinski definition) is 2. The molecule has 3 rings (SSSR count). The van der Waals surface area contributed by atoms with Crippen LogP contribution < -0.4 is 10.6 Å². The van der Waals surface area contributed by atoms with Gasteiger partial charge < -0.3 is 15.4 Å². The molecule has 1 heterocycles. The van der Waals surface area contributed by atoms with Gasteiger partial charge >= 0.3 is 0 Å². The number of nitrogens with zero attached hydrogens (tertiary/aromatic N) is 2. The second-order valence-corrected chi connectivity index (χ2v) is 10.9. The largest absolute Gasteiger partial charge is 0.379 e. The third kappa shape index (κ3) is 7.30. The molecule has 0 amide bonds. The normalized spacial score (nSPS) is 28.9. The second kappa shape index (κ2) is 13.6. The van der Waals surface area contributed by atoms with Gasteiger partial charge in [0.25, 0.3) is 0 Å². The fourth-order valence-electron chi connectivity index (χ4n) is 5.31. The van der Waals surface area contributed by atoms with E-state index in [0.29, 0.717) is 11.3 Å². The first-order valence-corrected chi connectivity index (χ1v) is 13.3. The molecule has 3 atom stereocenters. The molecule has 1 aliphatic heterocycles. The van der Waals surface area contributed by atoms with Gasteiger partial charge in [0, 0.05) is 53.0 Å². The second-order valence-electron chi connectivity index (χ2n) is 8.88. The van der Waals surface area contributed by atoms with Crippen molar-refractivity contribution >= 4 is 40.7 Å². The Bertz CT molecular complexity index is 551. The van der Waals surface area contributed by atoms with Crippen molar-refractivity contribution in [3.05, 3.63) is 0 Å². The van der Waals surface area contributed by atoms with Crippen molar-refractivity contribution in [3.63, 3.8) is 0 Å². The quantitative estimate of drug-likeness (QED) is 0.288. The molecular weight excluding hydrogens is 511 g/mol. The Hall–Kier alpha value is 0.0700. The molecule has 8 heteroatoms. The highest BCUT2D eigenvalue weighted by Gasteiger charge is 2.38. The van der Waals surface area contributed by atoms with Crippen molar-refractivity contribution in [2.24, 2.45) is 4.99 Å². The molecule has 6 nitrogen and oxygen atoms in total. The van der Waals surface area contributed by atoms with Crippen LogP contribution in [-0.2, 0) is 15.5 Å². The van der Waals surface area contributed by atoms with Crippen molar-refractivity contribution in [2.75, 3.05) is 45.1 Å². The highest BCUT2D eigenvalue weighted by Crippen LogP contribution is 2.34. The van der Waals surface area contributed by atoms with Gasteiger partial charge in [0.15, 0.2) is 5.96 Å². The summed E-state index contributed by atoms with van der Waals surface area (Å²) in [5.41, 5.74) is 0.198. The summed E-state index contributed by atoms with van der Waals surface area (Å²) in [7, 11) is -0.689. The van der Waals surface area contributed by atoms with Gasteiger partial charge in [-0.3, -0.25) is 14.1 Å². The number of aliphatic imine (C=N–C) groups is 1. The number of ether oxygens (including phenoxy) is 1. The van der Waals surface area contributed by atoms with Crippen LogP contribution in [0.3, 0.4) is 0 Å². The van der Waals surface area contributed by atoms with Gasteiger partial charge in [-0.1, -0.05) is 32.6 Å². The fourth-order valence-corrected chi connectivity index (χ4v) is 6.66. The Morgan fingerprint density at radius 3 is 2.53 bits per heavy atom. The van der Waals surface area contributed by atoms with Crippen molar-refractivity contribution < 1.29 is 8.95 Å². The van der Waals surface area contributed by atoms with Crippen molar-refractivity contribution in [1.29, 1.82) is 0 Å². The Balaban J connectivity index is 0.00000320. The van der Waals surface area contributed by atoms with Crippen LogP contribution in [0.15, 0.2) is 4.99 Å². The van der Waals surface area contributed by atoms with Gasteiger partial charge in [-0.15, -0.1) is 24.0 Å². The van der Waals surface area contributed by atoms with E-state index in [0.717, 1.165) is 76.8 Å². The summed E-state index contributed by atoms with van der Waals surface area (Å²) in [6, 6.07) is 0.382. The Labute approximate surface area is 203 Å². The highest BCUT2D eigenvalue weighted by atomic mass is 127. The molecule has 176 valence electrons. The SMILES string of the molecule is CCNC(=NCC1(N2CCOCC2)CCCCC1)NC1CCCC(S(=O)CC)C1.I. The van der Waals surface area contributed by atoms with E-state index in [1.165, 1.54) is 32.1 Å². The Morgan fingerprint density at radius 1 is 1.13 bits per heavy atom. The average Bonchev–Trinajstić information content (AvgIpc) is 2.78. The van der Waals surface area contributed by atoms with E-state index in [1.54, 1.807) is 0 Å². The van der Waals surface area contributed by atoms with Crippen LogP contribution in [0.2, 0.25) is 0 Å². The molecule has 30 heavy (non-hydrogen) atoms. The number of nitrogens with one attached hydrogen (secondary N) is 2.